The minimum absolute atomic E-state index is 0.0284. The Morgan fingerprint density at radius 3 is 2.77 bits per heavy atom. The zero-order chi connectivity index (χ0) is 15.7. The number of hydrogen-bond donors (Lipinski definition) is 2. The number of carbonyl (C=O) groups is 1. The van der Waals surface area contributed by atoms with Gasteiger partial charge in [-0.1, -0.05) is 12.1 Å². The summed E-state index contributed by atoms with van der Waals surface area (Å²) in [5.74, 6) is 0.0284. The molecule has 1 amide bonds. The lowest BCUT2D eigenvalue weighted by molar-refractivity contribution is 0.0939. The minimum atomic E-state index is 0.0284. The molecule has 1 fully saturated rings. The Bertz CT molecular complexity index is 696. The van der Waals surface area contributed by atoms with Crippen molar-refractivity contribution in [3.05, 3.63) is 52.8 Å². The zero-order valence-corrected chi connectivity index (χ0v) is 13.4. The second kappa shape index (κ2) is 5.97. The molecule has 1 atom stereocenters. The van der Waals surface area contributed by atoms with E-state index < -0.39 is 0 Å². The van der Waals surface area contributed by atoms with Crippen LogP contribution in [0.25, 0.3) is 5.69 Å². The van der Waals surface area contributed by atoms with Crippen LogP contribution in [0.2, 0.25) is 0 Å². The average molecular weight is 297 g/mol. The van der Waals surface area contributed by atoms with E-state index >= 15 is 0 Å². The first kappa shape index (κ1) is 14.9. The number of amides is 1. The molecule has 0 radical (unpaired) electrons. The van der Waals surface area contributed by atoms with Gasteiger partial charge in [-0.25, -0.2) is 0 Å². The van der Waals surface area contributed by atoms with Crippen LogP contribution in [0, 0.1) is 20.8 Å². The Kier molecular flexibility index (Phi) is 4.03. The number of nitrogens with zero attached hydrogens (tertiary/aromatic N) is 1. The molecular weight excluding hydrogens is 274 g/mol. The molecule has 1 aromatic carbocycles. The second-order valence-electron chi connectivity index (χ2n) is 6.12. The molecule has 1 aliphatic heterocycles. The van der Waals surface area contributed by atoms with E-state index in [1.807, 2.05) is 26.0 Å². The van der Waals surface area contributed by atoms with Gasteiger partial charge in [0.05, 0.1) is 5.56 Å². The maximum atomic E-state index is 12.5. The van der Waals surface area contributed by atoms with Gasteiger partial charge in [0.15, 0.2) is 0 Å². The van der Waals surface area contributed by atoms with Crippen molar-refractivity contribution in [1.82, 2.24) is 15.2 Å². The Hall–Kier alpha value is -2.07. The van der Waals surface area contributed by atoms with Gasteiger partial charge in [0, 0.05) is 29.7 Å². The lowest BCUT2D eigenvalue weighted by Gasteiger charge is -2.13. The van der Waals surface area contributed by atoms with Gasteiger partial charge >= 0.3 is 0 Å². The number of nitrogens with one attached hydrogen (secondary N) is 2. The third kappa shape index (κ3) is 2.79. The van der Waals surface area contributed by atoms with Crippen LogP contribution in [0.5, 0.6) is 0 Å². The van der Waals surface area contributed by atoms with Crippen molar-refractivity contribution < 1.29 is 4.79 Å². The molecule has 2 N–H and O–H groups in total. The van der Waals surface area contributed by atoms with Gasteiger partial charge in [0.25, 0.3) is 5.91 Å². The highest BCUT2D eigenvalue weighted by atomic mass is 16.1. The van der Waals surface area contributed by atoms with Crippen LogP contribution >= 0.6 is 0 Å². The summed E-state index contributed by atoms with van der Waals surface area (Å²) < 4.78 is 2.15. The van der Waals surface area contributed by atoms with Crippen LogP contribution < -0.4 is 10.6 Å². The van der Waals surface area contributed by atoms with Crippen LogP contribution in [0.1, 0.15) is 33.7 Å². The van der Waals surface area contributed by atoms with Crippen molar-refractivity contribution in [3.8, 4) is 5.69 Å². The van der Waals surface area contributed by atoms with Gasteiger partial charge in [-0.3, -0.25) is 4.79 Å². The van der Waals surface area contributed by atoms with Crippen LogP contribution in [-0.2, 0) is 0 Å². The molecule has 3 rings (SSSR count). The standard InChI is InChI=1S/C18H23N3O/c1-12-5-4-6-16(9-12)21-13(2)10-17(14(21)3)18(22)20-15-7-8-19-11-15/h4-6,9-10,15,19H,7-8,11H2,1-3H3,(H,20,22). The van der Waals surface area contributed by atoms with Crippen molar-refractivity contribution >= 4 is 5.91 Å². The van der Waals surface area contributed by atoms with Crippen molar-refractivity contribution in [2.24, 2.45) is 0 Å². The van der Waals surface area contributed by atoms with E-state index in [2.05, 4.69) is 40.3 Å². The predicted molar refractivity (Wildman–Crippen MR) is 88.7 cm³/mol. The first-order chi connectivity index (χ1) is 10.6. The molecule has 0 spiro atoms. The van der Waals surface area contributed by atoms with E-state index in [4.69, 9.17) is 0 Å². The largest absolute Gasteiger partial charge is 0.348 e. The summed E-state index contributed by atoms with van der Waals surface area (Å²) in [5, 5.41) is 6.40. The van der Waals surface area contributed by atoms with Gasteiger partial charge < -0.3 is 15.2 Å². The first-order valence-corrected chi connectivity index (χ1v) is 7.84. The highest BCUT2D eigenvalue weighted by Gasteiger charge is 2.21. The van der Waals surface area contributed by atoms with Crippen molar-refractivity contribution in [3.63, 3.8) is 0 Å². The van der Waals surface area contributed by atoms with Crippen LogP contribution in [-0.4, -0.2) is 29.6 Å². The summed E-state index contributed by atoms with van der Waals surface area (Å²) in [4.78, 5) is 12.5. The Balaban J connectivity index is 1.91. The molecule has 0 bridgehead atoms. The molecular formula is C18H23N3O. The first-order valence-electron chi connectivity index (χ1n) is 7.84. The fourth-order valence-electron chi connectivity index (χ4n) is 3.20. The van der Waals surface area contributed by atoms with Gasteiger partial charge in [-0.2, -0.15) is 0 Å². The molecule has 2 aromatic rings. The lowest BCUT2D eigenvalue weighted by Crippen LogP contribution is -2.36. The zero-order valence-electron chi connectivity index (χ0n) is 13.4. The Morgan fingerprint density at radius 1 is 1.27 bits per heavy atom. The monoisotopic (exact) mass is 297 g/mol. The van der Waals surface area contributed by atoms with E-state index in [9.17, 15) is 4.79 Å². The molecule has 116 valence electrons. The lowest BCUT2D eigenvalue weighted by atomic mass is 10.2. The highest BCUT2D eigenvalue weighted by molar-refractivity contribution is 5.96. The van der Waals surface area contributed by atoms with Crippen molar-refractivity contribution in [2.75, 3.05) is 13.1 Å². The fraction of sp³-hybridized carbons (Fsp3) is 0.389. The van der Waals surface area contributed by atoms with E-state index in [1.165, 1.54) is 5.56 Å². The van der Waals surface area contributed by atoms with Crippen LogP contribution in [0.3, 0.4) is 0 Å². The van der Waals surface area contributed by atoms with Crippen LogP contribution in [0.4, 0.5) is 0 Å². The highest BCUT2D eigenvalue weighted by Crippen LogP contribution is 2.21. The number of benzene rings is 1. The van der Waals surface area contributed by atoms with E-state index in [1.54, 1.807) is 0 Å². The summed E-state index contributed by atoms with van der Waals surface area (Å²) >= 11 is 0. The van der Waals surface area contributed by atoms with E-state index in [0.717, 1.165) is 42.1 Å². The number of carbonyl (C=O) groups excluding carboxylic acids is 1. The van der Waals surface area contributed by atoms with Gasteiger partial charge in [0.1, 0.15) is 0 Å². The SMILES string of the molecule is Cc1cccc(-n2c(C)cc(C(=O)NC3CCNC3)c2C)c1. The molecule has 4 heteroatoms. The average Bonchev–Trinajstić information content (AvgIpc) is 3.07. The molecule has 0 aliphatic carbocycles. The van der Waals surface area contributed by atoms with Crippen molar-refractivity contribution in [2.45, 2.75) is 33.2 Å². The molecule has 1 saturated heterocycles. The Labute approximate surface area is 131 Å². The van der Waals surface area contributed by atoms with E-state index in [-0.39, 0.29) is 11.9 Å². The fourth-order valence-corrected chi connectivity index (χ4v) is 3.20. The number of rotatable bonds is 3. The minimum Gasteiger partial charge on any atom is -0.348 e. The quantitative estimate of drug-likeness (QED) is 0.914. The molecule has 1 aromatic heterocycles. The number of aryl methyl sites for hydroxylation is 2. The summed E-state index contributed by atoms with van der Waals surface area (Å²) in [6, 6.07) is 10.6. The maximum absolute atomic E-state index is 12.5. The summed E-state index contributed by atoms with van der Waals surface area (Å²) in [7, 11) is 0. The summed E-state index contributed by atoms with van der Waals surface area (Å²) in [6.45, 7) is 7.98. The third-order valence-corrected chi connectivity index (χ3v) is 4.33. The molecule has 2 heterocycles. The predicted octanol–water partition coefficient (Wildman–Crippen LogP) is 2.49. The number of aromatic nitrogens is 1. The number of hydrogen-bond acceptors (Lipinski definition) is 2. The van der Waals surface area contributed by atoms with Crippen LogP contribution in [0.15, 0.2) is 30.3 Å². The third-order valence-electron chi connectivity index (χ3n) is 4.33. The second-order valence-corrected chi connectivity index (χ2v) is 6.12. The molecule has 22 heavy (non-hydrogen) atoms. The Morgan fingerprint density at radius 2 is 2.09 bits per heavy atom. The van der Waals surface area contributed by atoms with E-state index in [0.29, 0.717) is 0 Å². The topological polar surface area (TPSA) is 46.1 Å². The smallest absolute Gasteiger partial charge is 0.253 e. The van der Waals surface area contributed by atoms with Gasteiger partial charge in [0.2, 0.25) is 0 Å². The molecule has 4 nitrogen and oxygen atoms in total. The van der Waals surface area contributed by atoms with Gasteiger partial charge in [-0.05, 0) is 57.5 Å². The molecule has 1 unspecified atom stereocenters. The summed E-state index contributed by atoms with van der Waals surface area (Å²) in [6.07, 6.45) is 1.00. The molecule has 0 saturated carbocycles. The normalized spacial score (nSPS) is 17.7. The summed E-state index contributed by atoms with van der Waals surface area (Å²) in [5.41, 5.74) is 5.17. The maximum Gasteiger partial charge on any atom is 0.253 e. The molecule has 1 aliphatic rings. The van der Waals surface area contributed by atoms with Crippen molar-refractivity contribution in [1.29, 1.82) is 0 Å². The van der Waals surface area contributed by atoms with Gasteiger partial charge in [-0.15, -0.1) is 0 Å².